The highest BCUT2D eigenvalue weighted by atomic mass is 32.2. The van der Waals surface area contributed by atoms with E-state index in [4.69, 9.17) is 4.74 Å². The monoisotopic (exact) mass is 432 g/mol. The Morgan fingerprint density at radius 1 is 1.21 bits per heavy atom. The van der Waals surface area contributed by atoms with E-state index in [0.29, 0.717) is 23.8 Å². The number of benzene rings is 1. The van der Waals surface area contributed by atoms with Crippen molar-refractivity contribution in [2.24, 2.45) is 0 Å². The standard InChI is InChI=1S/C18H19F3N2O5S/c1-16(2,3)27-15(24)23-17(6-7-17)13-9-11(28-29(25,26)18(19,20)21)10-14-12(13)5-4-8-22-14/h4-5,8-10H,6-7H2,1-3H3,(H,23,24). The molecule has 1 N–H and O–H groups in total. The summed E-state index contributed by atoms with van der Waals surface area (Å²) in [4.78, 5) is 16.3. The average molecular weight is 432 g/mol. The third kappa shape index (κ3) is 4.55. The predicted octanol–water partition coefficient (Wildman–Crippen LogP) is 3.98. The van der Waals surface area contributed by atoms with E-state index in [2.05, 4.69) is 14.5 Å². The minimum Gasteiger partial charge on any atom is -0.444 e. The maximum absolute atomic E-state index is 12.7. The number of alkyl halides is 3. The minimum atomic E-state index is -5.85. The van der Waals surface area contributed by atoms with Crippen molar-refractivity contribution in [3.05, 3.63) is 36.0 Å². The maximum Gasteiger partial charge on any atom is 0.534 e. The van der Waals surface area contributed by atoms with Crippen molar-refractivity contribution in [3.63, 3.8) is 0 Å². The first-order valence-electron chi connectivity index (χ1n) is 8.64. The minimum absolute atomic E-state index is 0.231. The van der Waals surface area contributed by atoms with E-state index in [1.807, 2.05) is 0 Å². The molecule has 158 valence electrons. The third-order valence-electron chi connectivity index (χ3n) is 4.19. The highest BCUT2D eigenvalue weighted by molar-refractivity contribution is 7.88. The average Bonchev–Trinajstić information content (AvgIpc) is 3.31. The lowest BCUT2D eigenvalue weighted by Crippen LogP contribution is -2.39. The molecule has 1 saturated carbocycles. The van der Waals surface area contributed by atoms with Crippen molar-refractivity contribution in [3.8, 4) is 5.75 Å². The van der Waals surface area contributed by atoms with Gasteiger partial charge >= 0.3 is 21.7 Å². The fourth-order valence-corrected chi connectivity index (χ4v) is 3.30. The lowest BCUT2D eigenvalue weighted by molar-refractivity contribution is -0.0500. The molecular weight excluding hydrogens is 413 g/mol. The Hall–Kier alpha value is -2.56. The van der Waals surface area contributed by atoms with Crippen molar-refractivity contribution >= 4 is 27.1 Å². The molecule has 0 bridgehead atoms. The smallest absolute Gasteiger partial charge is 0.444 e. The van der Waals surface area contributed by atoms with Gasteiger partial charge < -0.3 is 14.2 Å². The van der Waals surface area contributed by atoms with Crippen LogP contribution in [0.2, 0.25) is 0 Å². The van der Waals surface area contributed by atoms with Crippen molar-refractivity contribution in [2.75, 3.05) is 0 Å². The second-order valence-electron chi connectivity index (χ2n) is 7.73. The van der Waals surface area contributed by atoms with Crippen molar-refractivity contribution in [1.29, 1.82) is 0 Å². The van der Waals surface area contributed by atoms with Gasteiger partial charge in [0.1, 0.15) is 11.4 Å². The molecule has 1 aliphatic rings. The van der Waals surface area contributed by atoms with Gasteiger partial charge in [-0.15, -0.1) is 0 Å². The lowest BCUT2D eigenvalue weighted by atomic mass is 9.99. The molecule has 0 radical (unpaired) electrons. The highest BCUT2D eigenvalue weighted by Crippen LogP contribution is 2.49. The van der Waals surface area contributed by atoms with E-state index in [0.717, 1.165) is 6.07 Å². The summed E-state index contributed by atoms with van der Waals surface area (Å²) in [6.45, 7) is 5.09. The number of fused-ring (bicyclic) bond motifs is 1. The van der Waals surface area contributed by atoms with Crippen LogP contribution in [-0.4, -0.2) is 30.6 Å². The molecule has 0 unspecified atom stereocenters. The number of rotatable bonds is 4. The summed E-state index contributed by atoms with van der Waals surface area (Å²) in [6.07, 6.45) is 1.70. The Balaban J connectivity index is 2.02. The maximum atomic E-state index is 12.7. The van der Waals surface area contributed by atoms with Gasteiger partial charge in [0.2, 0.25) is 0 Å². The fourth-order valence-electron chi connectivity index (χ4n) is 2.86. The number of nitrogens with zero attached hydrogens (tertiary/aromatic N) is 1. The Kier molecular flexibility index (Phi) is 4.93. The van der Waals surface area contributed by atoms with E-state index < -0.39 is 38.6 Å². The van der Waals surface area contributed by atoms with Gasteiger partial charge in [0.15, 0.2) is 0 Å². The van der Waals surface area contributed by atoms with Crippen LogP contribution in [-0.2, 0) is 20.4 Å². The number of carbonyl (C=O) groups is 1. The first kappa shape index (κ1) is 21.2. The summed E-state index contributed by atoms with van der Waals surface area (Å²) in [6, 6.07) is 5.59. The number of amides is 1. The number of hydrogen-bond acceptors (Lipinski definition) is 6. The first-order chi connectivity index (χ1) is 13.2. The summed E-state index contributed by atoms with van der Waals surface area (Å²) in [7, 11) is -5.85. The second-order valence-corrected chi connectivity index (χ2v) is 9.27. The molecular formula is C18H19F3N2O5S. The molecule has 0 atom stereocenters. The largest absolute Gasteiger partial charge is 0.534 e. The zero-order chi connectivity index (χ0) is 21.7. The number of alkyl carbamates (subject to hydrolysis) is 1. The van der Waals surface area contributed by atoms with E-state index in [1.54, 1.807) is 32.9 Å². The Labute approximate surface area is 165 Å². The quantitative estimate of drug-likeness (QED) is 0.580. The number of hydrogen-bond donors (Lipinski definition) is 1. The van der Waals surface area contributed by atoms with Crippen LogP contribution in [0.5, 0.6) is 5.75 Å². The molecule has 0 saturated heterocycles. The Morgan fingerprint density at radius 2 is 1.86 bits per heavy atom. The van der Waals surface area contributed by atoms with E-state index >= 15 is 0 Å². The molecule has 1 fully saturated rings. The number of halogens is 3. The molecule has 3 rings (SSSR count). The fraction of sp³-hybridized carbons (Fsp3) is 0.444. The van der Waals surface area contributed by atoms with Crippen molar-refractivity contribution in [2.45, 2.75) is 50.3 Å². The molecule has 1 heterocycles. The van der Waals surface area contributed by atoms with Gasteiger partial charge in [-0.2, -0.15) is 21.6 Å². The van der Waals surface area contributed by atoms with Crippen LogP contribution in [0.25, 0.3) is 10.9 Å². The summed E-state index contributed by atoms with van der Waals surface area (Å²) in [5, 5.41) is 3.29. The summed E-state index contributed by atoms with van der Waals surface area (Å²) >= 11 is 0. The number of pyridine rings is 1. The zero-order valence-corrected chi connectivity index (χ0v) is 16.6. The molecule has 0 aliphatic heterocycles. The van der Waals surface area contributed by atoms with Gasteiger partial charge in [0, 0.05) is 17.6 Å². The molecule has 11 heteroatoms. The number of nitrogens with one attached hydrogen (secondary N) is 1. The van der Waals surface area contributed by atoms with Gasteiger partial charge in [0.25, 0.3) is 0 Å². The van der Waals surface area contributed by atoms with E-state index in [9.17, 15) is 26.4 Å². The zero-order valence-electron chi connectivity index (χ0n) is 15.8. The molecule has 29 heavy (non-hydrogen) atoms. The van der Waals surface area contributed by atoms with Crippen molar-refractivity contribution < 1.29 is 35.3 Å². The molecule has 1 aromatic heterocycles. The molecule has 1 aliphatic carbocycles. The van der Waals surface area contributed by atoms with Crippen LogP contribution in [0.15, 0.2) is 30.5 Å². The van der Waals surface area contributed by atoms with Crippen LogP contribution < -0.4 is 9.50 Å². The van der Waals surface area contributed by atoms with E-state index in [-0.39, 0.29) is 5.52 Å². The highest BCUT2D eigenvalue weighted by Gasteiger charge is 2.50. The molecule has 1 aromatic carbocycles. The predicted molar refractivity (Wildman–Crippen MR) is 97.6 cm³/mol. The van der Waals surface area contributed by atoms with Crippen molar-refractivity contribution in [1.82, 2.24) is 10.3 Å². The van der Waals surface area contributed by atoms with Gasteiger partial charge in [-0.25, -0.2) is 4.79 Å². The number of carbonyl (C=O) groups excluding carboxylic acids is 1. The Morgan fingerprint density at radius 3 is 2.41 bits per heavy atom. The lowest BCUT2D eigenvalue weighted by Gasteiger charge is -2.24. The van der Waals surface area contributed by atoms with Gasteiger partial charge in [0.05, 0.1) is 11.1 Å². The van der Waals surface area contributed by atoms with E-state index in [1.165, 1.54) is 12.3 Å². The molecule has 7 nitrogen and oxygen atoms in total. The van der Waals surface area contributed by atoms with Crippen LogP contribution >= 0.6 is 0 Å². The van der Waals surface area contributed by atoms with Crippen LogP contribution in [0.4, 0.5) is 18.0 Å². The topological polar surface area (TPSA) is 94.6 Å². The third-order valence-corrected chi connectivity index (χ3v) is 5.17. The van der Waals surface area contributed by atoms with Gasteiger partial charge in [-0.3, -0.25) is 4.98 Å². The Bertz CT molecular complexity index is 1060. The molecule has 2 aromatic rings. The molecule has 0 spiro atoms. The summed E-state index contributed by atoms with van der Waals surface area (Å²) < 4.78 is 70.5. The number of ether oxygens (including phenoxy) is 1. The normalized spacial score (nSPS) is 16.3. The second kappa shape index (κ2) is 6.75. The van der Waals surface area contributed by atoms with Crippen LogP contribution in [0, 0.1) is 0 Å². The van der Waals surface area contributed by atoms with Gasteiger partial charge in [-0.05, 0) is 51.3 Å². The first-order valence-corrected chi connectivity index (χ1v) is 10.0. The SMILES string of the molecule is CC(C)(C)OC(=O)NC1(c2cc(OS(=O)(=O)C(F)(F)F)cc3ncccc23)CC1. The molecule has 1 amide bonds. The summed E-state index contributed by atoms with van der Waals surface area (Å²) in [5.41, 5.74) is -6.59. The van der Waals surface area contributed by atoms with Crippen LogP contribution in [0.1, 0.15) is 39.2 Å². The van der Waals surface area contributed by atoms with Crippen LogP contribution in [0.3, 0.4) is 0 Å². The van der Waals surface area contributed by atoms with Gasteiger partial charge in [-0.1, -0.05) is 6.07 Å². The number of aromatic nitrogens is 1. The summed E-state index contributed by atoms with van der Waals surface area (Å²) in [5.74, 6) is -0.541.